The van der Waals surface area contributed by atoms with Gasteiger partial charge in [-0.3, -0.25) is 0 Å². The minimum absolute atomic E-state index is 0.119. The molecule has 0 fully saturated rings. The van der Waals surface area contributed by atoms with Gasteiger partial charge in [-0.25, -0.2) is 0 Å². The molecular weight excluding hydrogens is 432 g/mol. The van der Waals surface area contributed by atoms with Crippen LogP contribution in [0.3, 0.4) is 0 Å². The number of thioether (sulfide) groups is 1. The molecule has 34 heavy (non-hydrogen) atoms. The second-order valence-corrected chi connectivity index (χ2v) is 12.0. The Morgan fingerprint density at radius 2 is 1.32 bits per heavy atom. The molecule has 3 heteroatoms. The number of hydrogen-bond donors (Lipinski definition) is 1. The summed E-state index contributed by atoms with van der Waals surface area (Å²) >= 11 is 1.98. The van der Waals surface area contributed by atoms with Gasteiger partial charge in [0.1, 0.15) is 5.37 Å². The molecule has 0 amide bonds. The second kappa shape index (κ2) is 18.4. The summed E-state index contributed by atoms with van der Waals surface area (Å²) in [5, 5.41) is 0.392. The van der Waals surface area contributed by atoms with Gasteiger partial charge in [0.25, 0.3) is 0 Å². The Bertz CT molecular complexity index is 641. The van der Waals surface area contributed by atoms with E-state index < -0.39 is 0 Å². The summed E-state index contributed by atoms with van der Waals surface area (Å²) in [6.45, 7) is 16.8. The van der Waals surface area contributed by atoms with Crippen LogP contribution in [0.15, 0.2) is 41.3 Å². The zero-order valence-corrected chi connectivity index (χ0v) is 24.2. The first-order valence-corrected chi connectivity index (χ1v) is 15.2. The highest BCUT2D eigenvalue weighted by Crippen LogP contribution is 2.49. The van der Waals surface area contributed by atoms with E-state index in [1.165, 1.54) is 106 Å². The van der Waals surface area contributed by atoms with E-state index in [0.717, 1.165) is 13.0 Å². The predicted octanol–water partition coefficient (Wildman–Crippen LogP) is 10.1. The molecule has 2 N–H and O–H groups in total. The highest BCUT2D eigenvalue weighted by Gasteiger charge is 2.37. The van der Waals surface area contributed by atoms with Crippen molar-refractivity contribution in [1.82, 2.24) is 0 Å². The van der Waals surface area contributed by atoms with Crippen LogP contribution in [-0.4, -0.2) is 17.5 Å². The zero-order valence-electron chi connectivity index (χ0n) is 23.3. The molecule has 0 spiro atoms. The van der Waals surface area contributed by atoms with Crippen molar-refractivity contribution < 1.29 is 0 Å². The van der Waals surface area contributed by atoms with Crippen LogP contribution < -0.4 is 10.6 Å². The number of nitrogens with two attached hydrogens (primary N) is 1. The molecule has 0 saturated heterocycles. The number of hydrogen-bond acceptors (Lipinski definition) is 3. The van der Waals surface area contributed by atoms with Gasteiger partial charge in [0.15, 0.2) is 0 Å². The van der Waals surface area contributed by atoms with Crippen LogP contribution >= 0.6 is 11.8 Å². The molecule has 2 nitrogen and oxygen atoms in total. The third-order valence-electron chi connectivity index (χ3n) is 6.58. The fraction of sp³-hybridized carbons (Fsp3) is 0.742. The summed E-state index contributed by atoms with van der Waals surface area (Å²) in [7, 11) is 0. The molecule has 1 atom stereocenters. The largest absolute Gasteiger partial charge is 0.350 e. The van der Waals surface area contributed by atoms with E-state index in [4.69, 9.17) is 5.73 Å². The molecule has 1 heterocycles. The molecule has 1 aromatic rings. The van der Waals surface area contributed by atoms with Crippen molar-refractivity contribution in [3.8, 4) is 0 Å². The predicted molar refractivity (Wildman–Crippen MR) is 157 cm³/mol. The maximum Gasteiger partial charge on any atom is 0.101 e. The number of anilines is 1. The molecule has 1 aromatic carbocycles. The third kappa shape index (κ3) is 12.2. The number of para-hydroxylation sites is 1. The van der Waals surface area contributed by atoms with Gasteiger partial charge in [-0.15, -0.1) is 0 Å². The van der Waals surface area contributed by atoms with Crippen molar-refractivity contribution in [1.29, 1.82) is 0 Å². The van der Waals surface area contributed by atoms with Crippen LogP contribution in [0.4, 0.5) is 5.69 Å². The summed E-state index contributed by atoms with van der Waals surface area (Å²) in [5.74, 6) is 0. The Morgan fingerprint density at radius 1 is 0.824 bits per heavy atom. The van der Waals surface area contributed by atoms with Crippen molar-refractivity contribution >= 4 is 17.4 Å². The summed E-state index contributed by atoms with van der Waals surface area (Å²) < 4.78 is 0. The molecule has 0 aliphatic carbocycles. The molecule has 1 aliphatic heterocycles. The fourth-order valence-corrected chi connectivity index (χ4v) is 6.07. The summed E-state index contributed by atoms with van der Waals surface area (Å²) in [5.41, 5.74) is 8.27. The lowest BCUT2D eigenvalue weighted by Crippen LogP contribution is -2.45. The van der Waals surface area contributed by atoms with Gasteiger partial charge in [0.2, 0.25) is 0 Å². The van der Waals surface area contributed by atoms with E-state index in [0.29, 0.717) is 5.37 Å². The van der Waals surface area contributed by atoms with Crippen LogP contribution in [0.2, 0.25) is 0 Å². The first-order chi connectivity index (χ1) is 16.4. The lowest BCUT2D eigenvalue weighted by molar-refractivity contribution is 0.502. The Morgan fingerprint density at radius 3 is 1.85 bits per heavy atom. The number of nitrogens with zero attached hydrogens (tertiary/aromatic N) is 1. The van der Waals surface area contributed by atoms with Crippen LogP contribution in [0.25, 0.3) is 0 Å². The fourth-order valence-electron chi connectivity index (χ4n) is 4.57. The zero-order chi connectivity index (χ0) is 25.2. The molecular formula is C31H56N2S. The molecule has 0 aromatic heterocycles. The first kappa shape index (κ1) is 31.1. The average Bonchev–Trinajstić information content (AvgIpc) is 3.21. The van der Waals surface area contributed by atoms with E-state index in [2.05, 4.69) is 70.4 Å². The molecule has 0 bridgehead atoms. The van der Waals surface area contributed by atoms with Crippen LogP contribution in [-0.2, 0) is 0 Å². The lowest BCUT2D eigenvalue weighted by Gasteiger charge is -2.39. The van der Waals surface area contributed by atoms with Gasteiger partial charge < -0.3 is 10.6 Å². The van der Waals surface area contributed by atoms with Gasteiger partial charge in [0.05, 0.1) is 5.69 Å². The number of unbranched alkanes of at least 4 members (excludes halogenated alkanes) is 12. The smallest absolute Gasteiger partial charge is 0.101 e. The Labute approximate surface area is 217 Å². The van der Waals surface area contributed by atoms with Crippen molar-refractivity contribution in [2.45, 2.75) is 147 Å². The summed E-state index contributed by atoms with van der Waals surface area (Å²) in [6.07, 6.45) is 20.2. The minimum Gasteiger partial charge on any atom is -0.350 e. The molecule has 0 saturated carbocycles. The van der Waals surface area contributed by atoms with E-state index in [1.54, 1.807) is 0 Å². The van der Waals surface area contributed by atoms with Crippen LogP contribution in [0.5, 0.6) is 0 Å². The highest BCUT2D eigenvalue weighted by molar-refractivity contribution is 8.00. The van der Waals surface area contributed by atoms with Crippen LogP contribution in [0.1, 0.15) is 131 Å². The quantitative estimate of drug-likeness (QED) is 0.185. The SMILES string of the molecule is C=C(CCCCCCCC)C1Sc2ccccc2N1C(C)(C)C.CCCCCCCCCCN. The third-order valence-corrected chi connectivity index (χ3v) is 7.95. The number of fused-ring (bicyclic) bond motifs is 1. The molecule has 1 unspecified atom stereocenters. The highest BCUT2D eigenvalue weighted by atomic mass is 32.2. The van der Waals surface area contributed by atoms with E-state index in [9.17, 15) is 0 Å². The summed E-state index contributed by atoms with van der Waals surface area (Å²) in [6, 6.07) is 8.80. The van der Waals surface area contributed by atoms with E-state index >= 15 is 0 Å². The number of benzene rings is 1. The Kier molecular flexibility index (Phi) is 16.8. The van der Waals surface area contributed by atoms with Crippen LogP contribution in [0, 0.1) is 0 Å². The molecule has 196 valence electrons. The maximum atomic E-state index is 5.39. The van der Waals surface area contributed by atoms with Gasteiger partial charge in [-0.1, -0.05) is 121 Å². The standard InChI is InChI=1S/C21H33NS.C10H23N/c1-6-7-8-9-10-11-14-17(2)20-22(21(3,4)5)18-15-12-13-16-19(18)23-20;1-2-3-4-5-6-7-8-9-10-11/h12-13,15-16,20H,2,6-11,14H2,1,3-5H3;2-11H2,1H3. The monoisotopic (exact) mass is 488 g/mol. The van der Waals surface area contributed by atoms with E-state index in [-0.39, 0.29) is 5.54 Å². The molecule has 2 rings (SSSR count). The van der Waals surface area contributed by atoms with Crippen molar-refractivity contribution in [3.63, 3.8) is 0 Å². The topological polar surface area (TPSA) is 29.3 Å². The summed E-state index contributed by atoms with van der Waals surface area (Å²) in [4.78, 5) is 3.96. The van der Waals surface area contributed by atoms with Gasteiger partial charge in [0, 0.05) is 10.4 Å². The Hall–Kier alpha value is -0.930. The van der Waals surface area contributed by atoms with Gasteiger partial charge in [-0.05, 0) is 64.3 Å². The molecule has 0 radical (unpaired) electrons. The van der Waals surface area contributed by atoms with Crippen molar-refractivity contribution in [2.75, 3.05) is 11.4 Å². The number of rotatable bonds is 16. The normalized spacial score (nSPS) is 15.1. The minimum atomic E-state index is 0.119. The van der Waals surface area contributed by atoms with Crippen molar-refractivity contribution in [2.24, 2.45) is 5.73 Å². The second-order valence-electron chi connectivity index (χ2n) is 10.9. The lowest BCUT2D eigenvalue weighted by atomic mass is 10.0. The molecule has 1 aliphatic rings. The first-order valence-electron chi connectivity index (χ1n) is 14.3. The van der Waals surface area contributed by atoms with Gasteiger partial charge >= 0.3 is 0 Å². The van der Waals surface area contributed by atoms with E-state index in [1.807, 2.05) is 11.8 Å². The van der Waals surface area contributed by atoms with Gasteiger partial charge in [-0.2, -0.15) is 0 Å². The van der Waals surface area contributed by atoms with Crippen molar-refractivity contribution in [3.05, 3.63) is 36.4 Å². The maximum absolute atomic E-state index is 5.39. The average molecular weight is 489 g/mol. The Balaban J connectivity index is 0.000000445.